The SMILES string of the molecule is CC(C)(C)NCC(O)(c1ccc(C(F)(F)F)cc1)C(F)F. The minimum absolute atomic E-state index is 0.262. The molecule has 0 amide bonds. The van der Waals surface area contributed by atoms with Gasteiger partial charge in [0.15, 0.2) is 5.60 Å². The van der Waals surface area contributed by atoms with Crippen molar-refractivity contribution in [2.24, 2.45) is 0 Å². The van der Waals surface area contributed by atoms with E-state index in [4.69, 9.17) is 0 Å². The number of alkyl halides is 5. The van der Waals surface area contributed by atoms with Crippen molar-refractivity contribution in [3.8, 4) is 0 Å². The average Bonchev–Trinajstić information content (AvgIpc) is 2.34. The molecular weight excluding hydrogens is 293 g/mol. The maximum Gasteiger partial charge on any atom is 0.416 e. The minimum Gasteiger partial charge on any atom is -0.378 e. The van der Waals surface area contributed by atoms with Crippen LogP contribution in [0.25, 0.3) is 0 Å². The summed E-state index contributed by atoms with van der Waals surface area (Å²) < 4.78 is 63.7. The topological polar surface area (TPSA) is 32.3 Å². The fourth-order valence-corrected chi connectivity index (χ4v) is 1.65. The molecule has 7 heteroatoms. The third kappa shape index (κ3) is 4.64. The van der Waals surface area contributed by atoms with E-state index in [-0.39, 0.29) is 5.56 Å². The predicted molar refractivity (Wildman–Crippen MR) is 69.1 cm³/mol. The predicted octanol–water partition coefficient (Wildman–Crippen LogP) is 3.55. The first-order valence-electron chi connectivity index (χ1n) is 6.29. The number of β-amino-alcohol motifs (C(OH)–C–C–N with tert-alkyl or cyclic N) is 1. The molecule has 0 aliphatic heterocycles. The second-order valence-electron chi connectivity index (χ2n) is 5.90. The number of hydrogen-bond acceptors (Lipinski definition) is 2. The van der Waals surface area contributed by atoms with Gasteiger partial charge in [0.2, 0.25) is 0 Å². The maximum absolute atomic E-state index is 13.2. The van der Waals surface area contributed by atoms with Crippen LogP contribution in [0.1, 0.15) is 31.9 Å². The van der Waals surface area contributed by atoms with Crippen molar-refractivity contribution in [2.75, 3.05) is 6.54 Å². The van der Waals surface area contributed by atoms with Crippen LogP contribution < -0.4 is 5.32 Å². The quantitative estimate of drug-likeness (QED) is 0.834. The molecule has 0 aliphatic rings. The Balaban J connectivity index is 3.06. The van der Waals surface area contributed by atoms with Crippen LogP contribution in [0.2, 0.25) is 0 Å². The first-order valence-corrected chi connectivity index (χ1v) is 6.29. The third-order valence-corrected chi connectivity index (χ3v) is 2.96. The Labute approximate surface area is 120 Å². The summed E-state index contributed by atoms with van der Waals surface area (Å²) in [6.45, 7) is 4.71. The number of rotatable bonds is 4. The maximum atomic E-state index is 13.2. The molecule has 0 fully saturated rings. The molecule has 1 unspecified atom stereocenters. The van der Waals surface area contributed by atoms with Gasteiger partial charge in [0.05, 0.1) is 5.56 Å². The van der Waals surface area contributed by atoms with Crippen molar-refractivity contribution in [1.29, 1.82) is 0 Å². The highest BCUT2D eigenvalue weighted by molar-refractivity contribution is 5.29. The molecule has 0 saturated heterocycles. The van der Waals surface area contributed by atoms with Crippen molar-refractivity contribution >= 4 is 0 Å². The third-order valence-electron chi connectivity index (χ3n) is 2.96. The van der Waals surface area contributed by atoms with Gasteiger partial charge >= 0.3 is 6.18 Å². The Morgan fingerprint density at radius 2 is 1.43 bits per heavy atom. The van der Waals surface area contributed by atoms with E-state index in [0.29, 0.717) is 12.1 Å². The Morgan fingerprint density at radius 3 is 1.76 bits per heavy atom. The van der Waals surface area contributed by atoms with Gasteiger partial charge in [-0.3, -0.25) is 0 Å². The largest absolute Gasteiger partial charge is 0.416 e. The fraction of sp³-hybridized carbons (Fsp3) is 0.571. The Kier molecular flexibility index (Phi) is 5.00. The van der Waals surface area contributed by atoms with Gasteiger partial charge in [0.1, 0.15) is 0 Å². The van der Waals surface area contributed by atoms with Crippen molar-refractivity contribution in [1.82, 2.24) is 5.32 Å². The molecule has 0 radical (unpaired) electrons. The normalized spacial score (nSPS) is 16.1. The van der Waals surface area contributed by atoms with E-state index >= 15 is 0 Å². The minimum atomic E-state index is -4.55. The smallest absolute Gasteiger partial charge is 0.378 e. The molecule has 21 heavy (non-hydrogen) atoms. The van der Waals surface area contributed by atoms with E-state index in [1.165, 1.54) is 0 Å². The van der Waals surface area contributed by atoms with Gasteiger partial charge in [0.25, 0.3) is 6.43 Å². The first kappa shape index (κ1) is 17.8. The Morgan fingerprint density at radius 1 is 1.00 bits per heavy atom. The molecule has 0 aliphatic carbocycles. The molecule has 0 heterocycles. The number of benzene rings is 1. The van der Waals surface area contributed by atoms with E-state index in [1.807, 2.05) is 0 Å². The number of halogens is 5. The summed E-state index contributed by atoms with van der Waals surface area (Å²) in [6, 6.07) is 3.11. The van der Waals surface area contributed by atoms with Crippen LogP contribution in [-0.2, 0) is 11.8 Å². The zero-order valence-corrected chi connectivity index (χ0v) is 11.9. The number of hydrogen-bond donors (Lipinski definition) is 2. The van der Waals surface area contributed by atoms with E-state index in [9.17, 15) is 27.1 Å². The van der Waals surface area contributed by atoms with Crippen LogP contribution in [0.3, 0.4) is 0 Å². The van der Waals surface area contributed by atoms with Crippen LogP contribution in [0.4, 0.5) is 22.0 Å². The van der Waals surface area contributed by atoms with E-state index in [2.05, 4.69) is 5.32 Å². The lowest BCUT2D eigenvalue weighted by atomic mass is 9.92. The second kappa shape index (κ2) is 5.88. The van der Waals surface area contributed by atoms with Crippen molar-refractivity contribution < 1.29 is 27.1 Å². The number of nitrogens with one attached hydrogen (secondary N) is 1. The van der Waals surface area contributed by atoms with Gasteiger partial charge in [-0.25, -0.2) is 8.78 Å². The summed E-state index contributed by atoms with van der Waals surface area (Å²) in [5, 5.41) is 12.9. The van der Waals surface area contributed by atoms with E-state index in [0.717, 1.165) is 12.1 Å². The highest BCUT2D eigenvalue weighted by atomic mass is 19.4. The van der Waals surface area contributed by atoms with Gasteiger partial charge in [-0.05, 0) is 38.5 Å². The monoisotopic (exact) mass is 311 g/mol. The summed E-state index contributed by atoms with van der Waals surface area (Å²) in [4.78, 5) is 0. The lowest BCUT2D eigenvalue weighted by Crippen LogP contribution is -2.49. The lowest BCUT2D eigenvalue weighted by molar-refractivity contribution is -0.137. The molecule has 0 spiro atoms. The van der Waals surface area contributed by atoms with Gasteiger partial charge in [-0.1, -0.05) is 12.1 Å². The standard InChI is InChI=1S/C14H18F5NO/c1-12(2,3)20-8-13(21,11(15)16)9-4-6-10(7-5-9)14(17,18)19/h4-7,11,20-21H,8H2,1-3H3. The molecule has 1 aromatic carbocycles. The van der Waals surface area contributed by atoms with Crippen LogP contribution in [0.5, 0.6) is 0 Å². The van der Waals surface area contributed by atoms with Gasteiger partial charge in [0, 0.05) is 12.1 Å². The number of aliphatic hydroxyl groups is 1. The fourth-order valence-electron chi connectivity index (χ4n) is 1.65. The lowest BCUT2D eigenvalue weighted by Gasteiger charge is -2.32. The average molecular weight is 311 g/mol. The summed E-state index contributed by atoms with van der Waals surface area (Å²) >= 11 is 0. The highest BCUT2D eigenvalue weighted by Gasteiger charge is 2.41. The second-order valence-corrected chi connectivity index (χ2v) is 5.90. The molecule has 1 aromatic rings. The van der Waals surface area contributed by atoms with Gasteiger partial charge in [-0.2, -0.15) is 13.2 Å². The van der Waals surface area contributed by atoms with Crippen molar-refractivity contribution in [2.45, 2.75) is 44.5 Å². The van der Waals surface area contributed by atoms with E-state index < -0.39 is 35.8 Å². The van der Waals surface area contributed by atoms with Crippen molar-refractivity contribution in [3.05, 3.63) is 35.4 Å². The summed E-state index contributed by atoms with van der Waals surface area (Å²) in [5.74, 6) is 0. The summed E-state index contributed by atoms with van der Waals surface area (Å²) in [6.07, 6.45) is -7.69. The van der Waals surface area contributed by atoms with Gasteiger partial charge < -0.3 is 10.4 Å². The van der Waals surface area contributed by atoms with Crippen LogP contribution >= 0.6 is 0 Å². The highest BCUT2D eigenvalue weighted by Crippen LogP contribution is 2.33. The van der Waals surface area contributed by atoms with Crippen LogP contribution in [-0.4, -0.2) is 23.6 Å². The van der Waals surface area contributed by atoms with Crippen LogP contribution in [0.15, 0.2) is 24.3 Å². The molecule has 1 rings (SSSR count). The van der Waals surface area contributed by atoms with E-state index in [1.54, 1.807) is 20.8 Å². The van der Waals surface area contributed by atoms with Crippen molar-refractivity contribution in [3.63, 3.8) is 0 Å². The molecule has 1 atom stereocenters. The zero-order valence-electron chi connectivity index (χ0n) is 11.9. The molecule has 2 nitrogen and oxygen atoms in total. The molecule has 120 valence electrons. The summed E-state index contributed by atoms with van der Waals surface area (Å²) in [7, 11) is 0. The zero-order chi connectivity index (χ0) is 16.5. The first-order chi connectivity index (χ1) is 9.36. The molecular formula is C14H18F5NO. The Hall–Kier alpha value is -1.21. The Bertz CT molecular complexity index is 464. The van der Waals surface area contributed by atoms with Gasteiger partial charge in [-0.15, -0.1) is 0 Å². The molecule has 0 bridgehead atoms. The van der Waals surface area contributed by atoms with Crippen LogP contribution in [0, 0.1) is 0 Å². The molecule has 2 N–H and O–H groups in total. The molecule has 0 aromatic heterocycles. The summed E-state index contributed by atoms with van der Waals surface area (Å²) in [5.41, 5.74) is -4.28. The molecule has 0 saturated carbocycles.